The van der Waals surface area contributed by atoms with Crippen molar-refractivity contribution in [3.63, 3.8) is 0 Å². The molecule has 1 aliphatic heterocycles. The van der Waals surface area contributed by atoms with Gasteiger partial charge in [0, 0.05) is 27.4 Å². The molecule has 0 aromatic rings. The van der Waals surface area contributed by atoms with Crippen molar-refractivity contribution in [2.45, 2.75) is 44.9 Å². The molecule has 7 heteroatoms. The van der Waals surface area contributed by atoms with Gasteiger partial charge >= 0.3 is 11.9 Å². The number of esters is 2. The number of aliphatic hydroxyl groups is 1. The molecule has 1 aliphatic rings. The van der Waals surface area contributed by atoms with Crippen molar-refractivity contribution in [3.8, 4) is 0 Å². The van der Waals surface area contributed by atoms with E-state index in [4.69, 9.17) is 18.9 Å². The first-order valence-corrected chi connectivity index (χ1v) is 5.61. The summed E-state index contributed by atoms with van der Waals surface area (Å²) in [5.41, 5.74) is 0. The predicted octanol–water partition coefficient (Wildman–Crippen LogP) is -0.397. The summed E-state index contributed by atoms with van der Waals surface area (Å²) in [5.74, 6) is -1.04. The largest absolute Gasteiger partial charge is 0.456 e. The Morgan fingerprint density at radius 3 is 2.44 bits per heavy atom. The third-order valence-electron chi connectivity index (χ3n) is 2.44. The molecule has 104 valence electrons. The van der Waals surface area contributed by atoms with E-state index in [-0.39, 0.29) is 13.0 Å². The summed E-state index contributed by atoms with van der Waals surface area (Å²) < 4.78 is 20.0. The normalized spacial score (nSPS) is 28.8. The number of methoxy groups -OCH3 is 1. The molecule has 0 aromatic heterocycles. The Balaban J connectivity index is 2.62. The van der Waals surface area contributed by atoms with E-state index >= 15 is 0 Å². The van der Waals surface area contributed by atoms with Gasteiger partial charge in [-0.05, 0) is 0 Å². The molecule has 0 amide bonds. The van der Waals surface area contributed by atoms with Gasteiger partial charge in [-0.25, -0.2) is 0 Å². The molecule has 1 unspecified atom stereocenters. The first kappa shape index (κ1) is 14.9. The molecule has 1 heterocycles. The summed E-state index contributed by atoms with van der Waals surface area (Å²) in [5, 5.41) is 9.72. The Morgan fingerprint density at radius 1 is 1.33 bits per heavy atom. The third kappa shape index (κ3) is 4.25. The van der Waals surface area contributed by atoms with Gasteiger partial charge in [0.05, 0.1) is 12.7 Å². The van der Waals surface area contributed by atoms with Crippen molar-refractivity contribution >= 4 is 11.9 Å². The molecule has 1 saturated heterocycles. The zero-order chi connectivity index (χ0) is 13.7. The van der Waals surface area contributed by atoms with Crippen LogP contribution in [0.2, 0.25) is 0 Å². The summed E-state index contributed by atoms with van der Waals surface area (Å²) in [6.07, 6.45) is -2.90. The molecule has 0 radical (unpaired) electrons. The summed E-state index contributed by atoms with van der Waals surface area (Å²) in [6.45, 7) is 2.57. The van der Waals surface area contributed by atoms with Crippen LogP contribution in [-0.2, 0) is 28.5 Å². The minimum Gasteiger partial charge on any atom is -0.456 e. The fourth-order valence-corrected chi connectivity index (χ4v) is 1.77. The van der Waals surface area contributed by atoms with Crippen molar-refractivity contribution in [2.24, 2.45) is 0 Å². The van der Waals surface area contributed by atoms with Crippen molar-refractivity contribution in [3.05, 3.63) is 0 Å². The van der Waals surface area contributed by atoms with E-state index in [2.05, 4.69) is 0 Å². The second-order valence-corrected chi connectivity index (χ2v) is 4.06. The first-order chi connectivity index (χ1) is 8.43. The van der Waals surface area contributed by atoms with E-state index in [0.29, 0.717) is 0 Å². The summed E-state index contributed by atoms with van der Waals surface area (Å²) in [4.78, 5) is 21.8. The summed E-state index contributed by atoms with van der Waals surface area (Å²) in [6, 6.07) is 0. The van der Waals surface area contributed by atoms with Crippen LogP contribution < -0.4 is 0 Å². The van der Waals surface area contributed by atoms with Crippen molar-refractivity contribution in [1.82, 2.24) is 0 Å². The van der Waals surface area contributed by atoms with Crippen LogP contribution in [0.1, 0.15) is 20.3 Å². The lowest BCUT2D eigenvalue weighted by Gasteiger charge is -2.18. The molecule has 0 saturated carbocycles. The number of carbonyl (C=O) groups excluding carboxylic acids is 2. The van der Waals surface area contributed by atoms with Crippen molar-refractivity contribution < 1.29 is 33.6 Å². The highest BCUT2D eigenvalue weighted by Gasteiger charge is 2.42. The van der Waals surface area contributed by atoms with E-state index in [1.54, 1.807) is 0 Å². The van der Waals surface area contributed by atoms with Crippen LogP contribution in [0.3, 0.4) is 0 Å². The molecule has 0 aliphatic carbocycles. The van der Waals surface area contributed by atoms with Gasteiger partial charge in [0.15, 0.2) is 6.10 Å². The van der Waals surface area contributed by atoms with E-state index in [0.717, 1.165) is 0 Å². The molecule has 0 bridgehead atoms. The second kappa shape index (κ2) is 6.67. The molecular formula is C11H18O7. The molecule has 1 fully saturated rings. The van der Waals surface area contributed by atoms with Gasteiger partial charge in [-0.15, -0.1) is 0 Å². The number of carbonyl (C=O) groups is 2. The zero-order valence-electron chi connectivity index (χ0n) is 10.6. The predicted molar refractivity (Wildman–Crippen MR) is 58.5 cm³/mol. The number of ether oxygens (including phenoxy) is 4. The SMILES string of the molecule is COCC(O)[C@@H]1C[C@@H](OC(C)=O)[C@@H](OC(C)=O)O1. The van der Waals surface area contributed by atoms with E-state index in [1.807, 2.05) is 0 Å². The van der Waals surface area contributed by atoms with E-state index in [9.17, 15) is 14.7 Å². The van der Waals surface area contributed by atoms with E-state index < -0.39 is 36.5 Å². The Labute approximate surface area is 105 Å². The van der Waals surface area contributed by atoms with Crippen molar-refractivity contribution in [2.75, 3.05) is 13.7 Å². The van der Waals surface area contributed by atoms with Gasteiger partial charge in [0.25, 0.3) is 0 Å². The highest BCUT2D eigenvalue weighted by atomic mass is 16.7. The summed E-state index contributed by atoms with van der Waals surface area (Å²) in [7, 11) is 1.45. The Kier molecular flexibility index (Phi) is 5.52. The van der Waals surface area contributed by atoms with Gasteiger partial charge < -0.3 is 24.1 Å². The highest BCUT2D eigenvalue weighted by Crippen LogP contribution is 2.26. The monoisotopic (exact) mass is 262 g/mol. The maximum Gasteiger partial charge on any atom is 0.305 e. The van der Waals surface area contributed by atoms with Gasteiger partial charge in [-0.1, -0.05) is 0 Å². The highest BCUT2D eigenvalue weighted by molar-refractivity contribution is 5.67. The van der Waals surface area contributed by atoms with Crippen LogP contribution >= 0.6 is 0 Å². The average molecular weight is 262 g/mol. The quantitative estimate of drug-likeness (QED) is 0.674. The number of aliphatic hydroxyl groups excluding tert-OH is 1. The molecular weight excluding hydrogens is 244 g/mol. The van der Waals surface area contributed by atoms with Gasteiger partial charge in [0.2, 0.25) is 6.29 Å². The average Bonchev–Trinajstić information content (AvgIpc) is 2.60. The van der Waals surface area contributed by atoms with Crippen LogP contribution in [0.25, 0.3) is 0 Å². The minimum atomic E-state index is -0.983. The van der Waals surface area contributed by atoms with Crippen LogP contribution in [-0.4, -0.2) is 55.4 Å². The fraction of sp³-hybridized carbons (Fsp3) is 0.818. The lowest BCUT2D eigenvalue weighted by molar-refractivity contribution is -0.199. The second-order valence-electron chi connectivity index (χ2n) is 4.06. The number of rotatable bonds is 5. The lowest BCUT2D eigenvalue weighted by atomic mass is 10.1. The van der Waals surface area contributed by atoms with Crippen LogP contribution in [0.4, 0.5) is 0 Å². The van der Waals surface area contributed by atoms with Crippen LogP contribution in [0.15, 0.2) is 0 Å². The number of hydrogen-bond acceptors (Lipinski definition) is 7. The molecule has 0 spiro atoms. The standard InChI is InChI=1S/C11H18O7/c1-6(12)16-10-4-9(8(14)5-15-3)18-11(10)17-7(2)13/h8-11,14H,4-5H2,1-3H3/t8?,9-,10+,11-/m0/s1. The van der Waals surface area contributed by atoms with Crippen LogP contribution in [0.5, 0.6) is 0 Å². The smallest absolute Gasteiger partial charge is 0.305 e. The van der Waals surface area contributed by atoms with Crippen LogP contribution in [0, 0.1) is 0 Å². The molecule has 1 N–H and O–H groups in total. The summed E-state index contributed by atoms with van der Waals surface area (Å²) >= 11 is 0. The topological polar surface area (TPSA) is 91.3 Å². The Morgan fingerprint density at radius 2 is 1.94 bits per heavy atom. The maximum absolute atomic E-state index is 10.9. The lowest BCUT2D eigenvalue weighted by Crippen LogP contribution is -2.31. The Bertz CT molecular complexity index is 280. The van der Waals surface area contributed by atoms with Gasteiger partial charge in [0.1, 0.15) is 6.10 Å². The van der Waals surface area contributed by atoms with E-state index in [1.165, 1.54) is 21.0 Å². The third-order valence-corrected chi connectivity index (χ3v) is 2.44. The molecule has 18 heavy (non-hydrogen) atoms. The zero-order valence-corrected chi connectivity index (χ0v) is 10.6. The maximum atomic E-state index is 10.9. The fourth-order valence-electron chi connectivity index (χ4n) is 1.77. The Hall–Kier alpha value is -1.18. The molecule has 1 rings (SSSR count). The minimum absolute atomic E-state index is 0.0875. The molecule has 4 atom stereocenters. The molecule has 7 nitrogen and oxygen atoms in total. The molecule has 0 aromatic carbocycles. The van der Waals surface area contributed by atoms with Gasteiger partial charge in [-0.2, -0.15) is 0 Å². The van der Waals surface area contributed by atoms with Gasteiger partial charge in [-0.3, -0.25) is 9.59 Å². The number of hydrogen-bond donors (Lipinski definition) is 1. The van der Waals surface area contributed by atoms with Crippen molar-refractivity contribution in [1.29, 1.82) is 0 Å². The first-order valence-electron chi connectivity index (χ1n) is 5.61.